The van der Waals surface area contributed by atoms with Gasteiger partial charge in [-0.1, -0.05) is 53.5 Å². The third-order valence-corrected chi connectivity index (χ3v) is 6.13. The number of likely N-dealkylation sites (N-methyl/N-ethyl adjacent to an activating group) is 1. The first kappa shape index (κ1) is 20.7. The molecule has 2 amide bonds. The van der Waals surface area contributed by atoms with Crippen molar-refractivity contribution < 1.29 is 9.90 Å². The Morgan fingerprint density at radius 2 is 1.73 bits per heavy atom. The van der Waals surface area contributed by atoms with Crippen LogP contribution in [-0.4, -0.2) is 39.8 Å². The van der Waals surface area contributed by atoms with Crippen molar-refractivity contribution in [3.05, 3.63) is 82.6 Å². The van der Waals surface area contributed by atoms with E-state index in [9.17, 15) is 9.90 Å². The predicted molar refractivity (Wildman–Crippen MR) is 120 cm³/mol. The molecule has 3 aromatic rings. The molecule has 4 rings (SSSR count). The van der Waals surface area contributed by atoms with Crippen molar-refractivity contribution in [2.24, 2.45) is 0 Å². The molecule has 1 aliphatic heterocycles. The number of rotatable bonds is 4. The van der Waals surface area contributed by atoms with Crippen LogP contribution >= 0.6 is 23.2 Å². The topological polar surface area (TPSA) is 56.7 Å². The van der Waals surface area contributed by atoms with Crippen molar-refractivity contribution in [3.8, 4) is 11.1 Å². The Morgan fingerprint density at radius 1 is 1.07 bits per heavy atom. The number of aliphatic hydroxyl groups is 1. The number of aromatic nitrogens is 1. The number of hydrogen-bond donors (Lipinski definition) is 1. The highest BCUT2D eigenvalue weighted by Gasteiger charge is 2.52. The summed E-state index contributed by atoms with van der Waals surface area (Å²) in [4.78, 5) is 20.0. The molecule has 30 heavy (non-hydrogen) atoms. The van der Waals surface area contributed by atoms with Gasteiger partial charge in [-0.15, -0.1) is 0 Å². The average molecular weight is 442 g/mol. The molecular weight excluding hydrogens is 421 g/mol. The van der Waals surface area contributed by atoms with Crippen molar-refractivity contribution >= 4 is 34.9 Å². The fraction of sp³-hybridized carbons (Fsp3) is 0.217. The molecule has 2 aromatic carbocycles. The molecule has 0 aliphatic carbocycles. The number of nitrogens with zero attached hydrogens (tertiary/aromatic N) is 3. The van der Waals surface area contributed by atoms with Gasteiger partial charge in [0.15, 0.2) is 6.23 Å². The fourth-order valence-corrected chi connectivity index (χ4v) is 4.35. The van der Waals surface area contributed by atoms with Gasteiger partial charge in [-0.05, 0) is 54.3 Å². The van der Waals surface area contributed by atoms with Gasteiger partial charge in [-0.3, -0.25) is 9.88 Å². The summed E-state index contributed by atoms with van der Waals surface area (Å²) in [6.07, 6.45) is 2.97. The Kier molecular flexibility index (Phi) is 5.45. The highest BCUT2D eigenvalue weighted by atomic mass is 35.5. The van der Waals surface area contributed by atoms with Crippen molar-refractivity contribution in [1.82, 2.24) is 9.88 Å². The lowest BCUT2D eigenvalue weighted by atomic mass is 9.90. The average Bonchev–Trinajstić information content (AvgIpc) is 2.89. The van der Waals surface area contributed by atoms with E-state index in [0.29, 0.717) is 22.2 Å². The molecule has 0 saturated carbocycles. The first-order valence-electron chi connectivity index (χ1n) is 9.50. The van der Waals surface area contributed by atoms with E-state index in [-0.39, 0.29) is 6.03 Å². The Hall–Kier alpha value is -2.60. The second-order valence-electron chi connectivity index (χ2n) is 7.69. The Labute approximate surface area is 185 Å². The molecule has 1 aliphatic rings. The molecule has 2 heterocycles. The smallest absolute Gasteiger partial charge is 0.327 e. The van der Waals surface area contributed by atoms with Gasteiger partial charge in [-0.2, -0.15) is 0 Å². The molecule has 5 nitrogen and oxygen atoms in total. The van der Waals surface area contributed by atoms with E-state index in [1.165, 1.54) is 4.90 Å². The number of carbonyl (C=O) groups is 1. The summed E-state index contributed by atoms with van der Waals surface area (Å²) >= 11 is 12.2. The predicted octanol–water partition coefficient (Wildman–Crippen LogP) is 5.25. The molecule has 1 N–H and O–H groups in total. The van der Waals surface area contributed by atoms with Crippen LogP contribution < -0.4 is 4.90 Å². The molecule has 0 spiro atoms. The van der Waals surface area contributed by atoms with E-state index in [1.54, 1.807) is 36.3 Å². The summed E-state index contributed by atoms with van der Waals surface area (Å²) in [6.45, 7) is 1.87. The molecule has 1 unspecified atom stereocenters. The van der Waals surface area contributed by atoms with Crippen LogP contribution in [0.25, 0.3) is 11.1 Å². The number of halogens is 2. The lowest BCUT2D eigenvalue weighted by molar-refractivity contribution is 0.0592. The first-order valence-corrected chi connectivity index (χ1v) is 10.3. The largest absolute Gasteiger partial charge is 0.371 e. The summed E-state index contributed by atoms with van der Waals surface area (Å²) in [5, 5.41) is 12.0. The van der Waals surface area contributed by atoms with Gasteiger partial charge in [0.25, 0.3) is 0 Å². The number of amides is 2. The summed E-state index contributed by atoms with van der Waals surface area (Å²) in [5.41, 5.74) is 2.74. The maximum Gasteiger partial charge on any atom is 0.327 e. The zero-order valence-corrected chi connectivity index (χ0v) is 18.1. The summed E-state index contributed by atoms with van der Waals surface area (Å²) in [6, 6.07) is 16.5. The SMILES string of the molecule is CN1C(=O)N(c2cc(Cl)cc(Cl)c2)C(O)[C@@]1(C)Cc1ccc(-c2cccnc2)cc1. The molecule has 0 radical (unpaired) electrons. The highest BCUT2D eigenvalue weighted by molar-refractivity contribution is 6.35. The highest BCUT2D eigenvalue weighted by Crippen LogP contribution is 2.38. The minimum absolute atomic E-state index is 0.310. The maximum absolute atomic E-state index is 13.0. The van der Waals surface area contributed by atoms with Crippen molar-refractivity contribution in [2.75, 3.05) is 11.9 Å². The molecule has 1 fully saturated rings. The lowest BCUT2D eigenvalue weighted by Crippen LogP contribution is -2.49. The lowest BCUT2D eigenvalue weighted by Gasteiger charge is -2.34. The van der Waals surface area contributed by atoms with Crippen LogP contribution in [0.3, 0.4) is 0 Å². The summed E-state index contributed by atoms with van der Waals surface area (Å²) in [5.74, 6) is 0. The maximum atomic E-state index is 13.0. The van der Waals surface area contributed by atoms with Crippen LogP contribution in [-0.2, 0) is 6.42 Å². The number of anilines is 1. The van der Waals surface area contributed by atoms with E-state index in [0.717, 1.165) is 16.7 Å². The van der Waals surface area contributed by atoms with Gasteiger partial charge in [0.05, 0.1) is 11.2 Å². The molecule has 1 aromatic heterocycles. The zero-order valence-electron chi connectivity index (χ0n) is 16.6. The van der Waals surface area contributed by atoms with Gasteiger partial charge < -0.3 is 10.0 Å². The number of pyridine rings is 1. The third kappa shape index (κ3) is 3.65. The molecule has 154 valence electrons. The Morgan fingerprint density at radius 3 is 2.33 bits per heavy atom. The molecule has 0 bridgehead atoms. The first-order chi connectivity index (χ1) is 14.3. The minimum Gasteiger partial charge on any atom is -0.371 e. The van der Waals surface area contributed by atoms with Crippen molar-refractivity contribution in [2.45, 2.75) is 25.1 Å². The van der Waals surface area contributed by atoms with Crippen molar-refractivity contribution in [1.29, 1.82) is 0 Å². The quantitative estimate of drug-likeness (QED) is 0.601. The zero-order chi connectivity index (χ0) is 21.5. The summed E-state index contributed by atoms with van der Waals surface area (Å²) in [7, 11) is 1.70. The number of carbonyl (C=O) groups excluding carboxylic acids is 1. The standard InChI is InChI=1S/C23H21Cl2N3O2/c1-23(13-15-5-7-16(8-6-15)17-4-3-9-26-14-17)21(29)28(22(30)27(23)2)20-11-18(24)10-19(25)12-20/h3-12,14,21,29H,13H2,1-2H3/t21?,23-/m1/s1. The van der Waals surface area contributed by atoms with Gasteiger partial charge in [-0.25, -0.2) is 4.79 Å². The molecule has 1 saturated heterocycles. The fourth-order valence-electron chi connectivity index (χ4n) is 3.84. The van der Waals surface area contributed by atoms with Crippen molar-refractivity contribution in [3.63, 3.8) is 0 Å². The Balaban J connectivity index is 1.61. The normalized spacial score (nSPS) is 21.4. The minimum atomic E-state index is -1.07. The van der Waals surface area contributed by atoms with Gasteiger partial charge in [0.2, 0.25) is 0 Å². The number of hydrogen-bond acceptors (Lipinski definition) is 3. The number of urea groups is 1. The van der Waals surface area contributed by atoms with E-state index >= 15 is 0 Å². The van der Waals surface area contributed by atoms with Crippen LogP contribution in [0.2, 0.25) is 10.0 Å². The van der Waals surface area contributed by atoms with Crippen LogP contribution in [0.4, 0.5) is 10.5 Å². The van der Waals surface area contributed by atoms with E-state index in [4.69, 9.17) is 23.2 Å². The van der Waals surface area contributed by atoms with Crippen LogP contribution in [0.15, 0.2) is 67.0 Å². The monoisotopic (exact) mass is 441 g/mol. The molecule has 2 atom stereocenters. The van der Waals surface area contributed by atoms with Crippen LogP contribution in [0, 0.1) is 0 Å². The van der Waals surface area contributed by atoms with E-state index in [1.807, 2.05) is 49.5 Å². The third-order valence-electron chi connectivity index (χ3n) is 5.70. The molecule has 7 heteroatoms. The van der Waals surface area contributed by atoms with E-state index in [2.05, 4.69) is 4.98 Å². The van der Waals surface area contributed by atoms with Gasteiger partial charge >= 0.3 is 6.03 Å². The van der Waals surface area contributed by atoms with Crippen LogP contribution in [0.5, 0.6) is 0 Å². The molecular formula is C23H21Cl2N3O2. The second-order valence-corrected chi connectivity index (χ2v) is 8.56. The van der Waals surface area contributed by atoms with Crippen LogP contribution in [0.1, 0.15) is 12.5 Å². The second kappa shape index (κ2) is 7.91. The Bertz CT molecular complexity index is 1060. The van der Waals surface area contributed by atoms with Gasteiger partial charge in [0, 0.05) is 29.5 Å². The number of benzene rings is 2. The number of aliphatic hydroxyl groups excluding tert-OH is 1. The van der Waals surface area contributed by atoms with Gasteiger partial charge in [0.1, 0.15) is 0 Å². The van der Waals surface area contributed by atoms with E-state index < -0.39 is 11.8 Å². The summed E-state index contributed by atoms with van der Waals surface area (Å²) < 4.78 is 0.